The summed E-state index contributed by atoms with van der Waals surface area (Å²) < 4.78 is 0. The molecule has 2 amide bonds. The largest absolute Gasteiger partial charge is 0.333 e. The molecule has 0 aliphatic heterocycles. The summed E-state index contributed by atoms with van der Waals surface area (Å²) in [5.41, 5.74) is 1.10. The van der Waals surface area contributed by atoms with Crippen LogP contribution in [-0.4, -0.2) is 34.7 Å². The number of carbonyl (C=O) groups is 2. The van der Waals surface area contributed by atoms with Gasteiger partial charge in [-0.05, 0) is 35.8 Å². The summed E-state index contributed by atoms with van der Waals surface area (Å²) in [5, 5.41) is 2.03. The lowest BCUT2D eigenvalue weighted by Gasteiger charge is -2.27. The third-order valence-electron chi connectivity index (χ3n) is 4.65. The van der Waals surface area contributed by atoms with Crippen LogP contribution in [0.25, 0.3) is 0 Å². The van der Waals surface area contributed by atoms with E-state index >= 15 is 0 Å². The van der Waals surface area contributed by atoms with Gasteiger partial charge in [-0.3, -0.25) is 9.59 Å². The van der Waals surface area contributed by atoms with E-state index in [0.29, 0.717) is 25.4 Å². The highest BCUT2D eigenvalue weighted by molar-refractivity contribution is 7.09. The molecule has 1 heterocycles. The van der Waals surface area contributed by atoms with Crippen LogP contribution in [0.15, 0.2) is 47.8 Å². The van der Waals surface area contributed by atoms with E-state index in [4.69, 9.17) is 0 Å². The molecule has 26 heavy (non-hydrogen) atoms. The van der Waals surface area contributed by atoms with Crippen molar-refractivity contribution in [3.8, 4) is 0 Å². The molecule has 1 saturated carbocycles. The normalized spacial score (nSPS) is 13.4. The fourth-order valence-corrected chi connectivity index (χ4v) is 3.70. The number of carbonyl (C=O) groups excluding carboxylic acids is 2. The van der Waals surface area contributed by atoms with Crippen molar-refractivity contribution in [2.24, 2.45) is 5.92 Å². The lowest BCUT2D eigenvalue weighted by atomic mass is 10.2. The Kier molecular flexibility index (Phi) is 6.45. The van der Waals surface area contributed by atoms with Crippen molar-refractivity contribution in [2.75, 3.05) is 13.1 Å². The number of hydrogen-bond acceptors (Lipinski definition) is 3. The van der Waals surface area contributed by atoms with Crippen molar-refractivity contribution in [3.63, 3.8) is 0 Å². The molecule has 0 spiro atoms. The van der Waals surface area contributed by atoms with Crippen LogP contribution >= 0.6 is 11.3 Å². The van der Waals surface area contributed by atoms with Gasteiger partial charge >= 0.3 is 0 Å². The molecule has 1 aromatic heterocycles. The fourth-order valence-electron chi connectivity index (χ4n) is 2.98. The Morgan fingerprint density at radius 2 is 1.77 bits per heavy atom. The van der Waals surface area contributed by atoms with Crippen LogP contribution in [0.2, 0.25) is 0 Å². The van der Waals surface area contributed by atoms with Gasteiger partial charge in [0.05, 0.1) is 13.1 Å². The topological polar surface area (TPSA) is 40.6 Å². The Morgan fingerprint density at radius 1 is 1.00 bits per heavy atom. The fraction of sp³-hybridized carbons (Fsp3) is 0.429. The SMILES string of the molecule is CCC(=O)N(CC(=O)N(Cc1ccccc1)Cc1cccs1)CC1CC1. The summed E-state index contributed by atoms with van der Waals surface area (Å²) in [6.45, 7) is 3.91. The molecule has 0 unspecified atom stereocenters. The molecule has 1 aromatic carbocycles. The number of benzene rings is 1. The van der Waals surface area contributed by atoms with Crippen LogP contribution in [0, 0.1) is 5.92 Å². The van der Waals surface area contributed by atoms with Crippen LogP contribution in [0.4, 0.5) is 0 Å². The highest BCUT2D eigenvalue weighted by atomic mass is 32.1. The molecule has 5 heteroatoms. The van der Waals surface area contributed by atoms with Crippen molar-refractivity contribution in [3.05, 3.63) is 58.3 Å². The van der Waals surface area contributed by atoms with Crippen LogP contribution in [0.3, 0.4) is 0 Å². The van der Waals surface area contributed by atoms with Gasteiger partial charge in [-0.25, -0.2) is 0 Å². The second-order valence-electron chi connectivity index (χ2n) is 6.89. The van der Waals surface area contributed by atoms with E-state index in [2.05, 4.69) is 6.07 Å². The molecule has 4 nitrogen and oxygen atoms in total. The summed E-state index contributed by atoms with van der Waals surface area (Å²) in [6.07, 6.45) is 2.79. The summed E-state index contributed by atoms with van der Waals surface area (Å²) in [4.78, 5) is 30.1. The lowest BCUT2D eigenvalue weighted by molar-refractivity contribution is -0.141. The predicted molar refractivity (Wildman–Crippen MR) is 105 cm³/mol. The molecule has 0 radical (unpaired) electrons. The van der Waals surface area contributed by atoms with Crippen molar-refractivity contribution in [1.82, 2.24) is 9.80 Å². The van der Waals surface area contributed by atoms with E-state index in [-0.39, 0.29) is 18.4 Å². The standard InChI is InChI=1S/C21H26N2O2S/c1-2-20(24)23(14-18-10-11-18)16-21(25)22(15-19-9-6-12-26-19)13-17-7-4-3-5-8-17/h3-9,12,18H,2,10-11,13-16H2,1H3. The van der Waals surface area contributed by atoms with Gasteiger partial charge in [0.25, 0.3) is 0 Å². The van der Waals surface area contributed by atoms with Gasteiger partial charge in [-0.2, -0.15) is 0 Å². The average molecular weight is 371 g/mol. The Hall–Kier alpha value is -2.14. The molecule has 1 fully saturated rings. The molecule has 0 saturated heterocycles. The van der Waals surface area contributed by atoms with E-state index in [0.717, 1.165) is 17.0 Å². The van der Waals surface area contributed by atoms with Gasteiger partial charge in [-0.1, -0.05) is 43.3 Å². The Morgan fingerprint density at radius 3 is 2.38 bits per heavy atom. The molecule has 2 aromatic rings. The smallest absolute Gasteiger partial charge is 0.242 e. The van der Waals surface area contributed by atoms with Gasteiger partial charge in [0.1, 0.15) is 0 Å². The van der Waals surface area contributed by atoms with E-state index in [1.807, 2.05) is 53.6 Å². The zero-order valence-electron chi connectivity index (χ0n) is 15.3. The summed E-state index contributed by atoms with van der Waals surface area (Å²) >= 11 is 1.66. The monoisotopic (exact) mass is 370 g/mol. The van der Waals surface area contributed by atoms with Gasteiger partial charge in [0.15, 0.2) is 0 Å². The molecule has 0 atom stereocenters. The molecule has 1 aliphatic carbocycles. The van der Waals surface area contributed by atoms with Crippen LogP contribution < -0.4 is 0 Å². The molecule has 0 bridgehead atoms. The lowest BCUT2D eigenvalue weighted by Crippen LogP contribution is -2.43. The van der Waals surface area contributed by atoms with Gasteiger partial charge in [0, 0.05) is 24.4 Å². The maximum atomic E-state index is 13.0. The maximum absolute atomic E-state index is 13.0. The third-order valence-corrected chi connectivity index (χ3v) is 5.51. The van der Waals surface area contributed by atoms with Gasteiger partial charge in [0.2, 0.25) is 11.8 Å². The first-order chi connectivity index (χ1) is 12.7. The molecule has 3 rings (SSSR count). The molecular weight excluding hydrogens is 344 g/mol. The summed E-state index contributed by atoms with van der Waals surface area (Å²) in [6, 6.07) is 14.1. The van der Waals surface area contributed by atoms with Crippen LogP contribution in [0.5, 0.6) is 0 Å². The predicted octanol–water partition coefficient (Wildman–Crippen LogP) is 3.93. The number of nitrogens with zero attached hydrogens (tertiary/aromatic N) is 2. The Bertz CT molecular complexity index is 711. The summed E-state index contributed by atoms with van der Waals surface area (Å²) in [5.74, 6) is 0.670. The van der Waals surface area contributed by atoms with E-state index in [1.165, 1.54) is 12.8 Å². The average Bonchev–Trinajstić information content (AvgIpc) is 3.33. The maximum Gasteiger partial charge on any atom is 0.242 e. The minimum atomic E-state index is 0.0182. The highest BCUT2D eigenvalue weighted by Gasteiger charge is 2.28. The number of amides is 2. The van der Waals surface area contributed by atoms with Crippen LogP contribution in [-0.2, 0) is 22.7 Å². The van der Waals surface area contributed by atoms with E-state index in [1.54, 1.807) is 16.2 Å². The first kappa shape index (κ1) is 18.6. The van der Waals surface area contributed by atoms with Gasteiger partial charge in [-0.15, -0.1) is 11.3 Å². The second kappa shape index (κ2) is 8.99. The van der Waals surface area contributed by atoms with Crippen molar-refractivity contribution in [2.45, 2.75) is 39.3 Å². The quantitative estimate of drug-likeness (QED) is 0.671. The Labute approximate surface area is 159 Å². The third kappa shape index (κ3) is 5.43. The van der Waals surface area contributed by atoms with Crippen molar-refractivity contribution >= 4 is 23.2 Å². The molecular formula is C21H26N2O2S. The van der Waals surface area contributed by atoms with Crippen LogP contribution in [0.1, 0.15) is 36.6 Å². The Balaban J connectivity index is 1.70. The zero-order chi connectivity index (χ0) is 18.4. The minimum absolute atomic E-state index is 0.0182. The van der Waals surface area contributed by atoms with E-state index in [9.17, 15) is 9.59 Å². The van der Waals surface area contributed by atoms with E-state index < -0.39 is 0 Å². The zero-order valence-corrected chi connectivity index (χ0v) is 16.1. The number of hydrogen-bond donors (Lipinski definition) is 0. The summed E-state index contributed by atoms with van der Waals surface area (Å²) in [7, 11) is 0. The number of rotatable bonds is 9. The van der Waals surface area contributed by atoms with Crippen molar-refractivity contribution in [1.29, 1.82) is 0 Å². The van der Waals surface area contributed by atoms with Crippen molar-refractivity contribution < 1.29 is 9.59 Å². The molecule has 138 valence electrons. The first-order valence-corrected chi connectivity index (χ1v) is 10.2. The second-order valence-corrected chi connectivity index (χ2v) is 7.92. The molecule has 1 aliphatic rings. The van der Waals surface area contributed by atoms with Gasteiger partial charge < -0.3 is 9.80 Å². The minimum Gasteiger partial charge on any atom is -0.333 e. The first-order valence-electron chi connectivity index (χ1n) is 9.27. The number of thiophene rings is 1. The molecule has 0 N–H and O–H groups in total. The highest BCUT2D eigenvalue weighted by Crippen LogP contribution is 2.30.